The molecule has 2 aromatic rings. The number of halogens is 3. The largest absolute Gasteiger partial charge is 0.416 e. The van der Waals surface area contributed by atoms with Crippen molar-refractivity contribution in [1.29, 1.82) is 0 Å². The van der Waals surface area contributed by atoms with Crippen LogP contribution in [-0.4, -0.2) is 11.5 Å². The topological polar surface area (TPSA) is 24.9 Å². The number of nitrogens with zero attached hydrogens (tertiary/aromatic N) is 1. The third kappa shape index (κ3) is 3.73. The first-order chi connectivity index (χ1) is 9.47. The van der Waals surface area contributed by atoms with Gasteiger partial charge in [0.15, 0.2) is 0 Å². The molecular formula is C15H15F3N2. The molecule has 5 heteroatoms. The summed E-state index contributed by atoms with van der Waals surface area (Å²) < 4.78 is 38.3. The van der Waals surface area contributed by atoms with Crippen LogP contribution in [0, 0.1) is 6.92 Å². The van der Waals surface area contributed by atoms with Crippen LogP contribution in [0.1, 0.15) is 16.7 Å². The number of nitrogens with one attached hydrogen (secondary N) is 1. The maximum Gasteiger partial charge on any atom is 0.416 e. The van der Waals surface area contributed by atoms with Crippen LogP contribution in [0.15, 0.2) is 42.7 Å². The van der Waals surface area contributed by atoms with Crippen LogP contribution in [0.3, 0.4) is 0 Å². The maximum atomic E-state index is 12.8. The van der Waals surface area contributed by atoms with E-state index in [1.165, 1.54) is 13.0 Å². The summed E-state index contributed by atoms with van der Waals surface area (Å²) in [6.45, 7) is 2.02. The molecule has 2 nitrogen and oxygen atoms in total. The molecule has 0 saturated carbocycles. The van der Waals surface area contributed by atoms with Crippen molar-refractivity contribution in [1.82, 2.24) is 4.98 Å². The lowest BCUT2D eigenvalue weighted by atomic mass is 10.1. The number of rotatable bonds is 4. The van der Waals surface area contributed by atoms with E-state index in [1.54, 1.807) is 18.5 Å². The van der Waals surface area contributed by atoms with Gasteiger partial charge >= 0.3 is 6.18 Å². The van der Waals surface area contributed by atoms with Crippen molar-refractivity contribution >= 4 is 5.69 Å². The summed E-state index contributed by atoms with van der Waals surface area (Å²) in [5, 5.41) is 3.01. The molecule has 0 fully saturated rings. The molecule has 0 bridgehead atoms. The molecule has 0 aliphatic carbocycles. The van der Waals surface area contributed by atoms with Crippen molar-refractivity contribution in [2.75, 3.05) is 11.9 Å². The molecule has 0 atom stereocenters. The molecule has 0 radical (unpaired) electrons. The molecule has 0 unspecified atom stereocenters. The second kappa shape index (κ2) is 5.94. The summed E-state index contributed by atoms with van der Waals surface area (Å²) in [4.78, 5) is 3.99. The first-order valence-corrected chi connectivity index (χ1v) is 6.27. The smallest absolute Gasteiger partial charge is 0.385 e. The lowest BCUT2D eigenvalue weighted by Gasteiger charge is -2.13. The van der Waals surface area contributed by atoms with Crippen molar-refractivity contribution < 1.29 is 13.2 Å². The van der Waals surface area contributed by atoms with Crippen molar-refractivity contribution in [2.24, 2.45) is 0 Å². The number of aromatic nitrogens is 1. The SMILES string of the molecule is Cc1ccc(NCCc2cccnc2)cc1C(F)(F)F. The number of benzene rings is 1. The average Bonchev–Trinajstić information content (AvgIpc) is 2.40. The highest BCUT2D eigenvalue weighted by Gasteiger charge is 2.32. The molecule has 1 aromatic carbocycles. The predicted molar refractivity (Wildman–Crippen MR) is 72.6 cm³/mol. The Balaban J connectivity index is 2.00. The fourth-order valence-corrected chi connectivity index (χ4v) is 1.93. The Morgan fingerprint density at radius 3 is 2.65 bits per heavy atom. The number of pyridine rings is 1. The van der Waals surface area contributed by atoms with E-state index in [-0.39, 0.29) is 5.56 Å². The Morgan fingerprint density at radius 2 is 2.00 bits per heavy atom. The molecular weight excluding hydrogens is 265 g/mol. The van der Waals surface area contributed by atoms with E-state index in [0.717, 1.165) is 11.6 Å². The summed E-state index contributed by atoms with van der Waals surface area (Å²) >= 11 is 0. The minimum absolute atomic E-state index is 0.232. The summed E-state index contributed by atoms with van der Waals surface area (Å²) in [5.41, 5.74) is 1.16. The van der Waals surface area contributed by atoms with Gasteiger partial charge in [-0.15, -0.1) is 0 Å². The molecule has 1 N–H and O–H groups in total. The third-order valence-electron chi connectivity index (χ3n) is 3.01. The Morgan fingerprint density at radius 1 is 1.20 bits per heavy atom. The van der Waals surface area contributed by atoms with Gasteiger partial charge in [0.1, 0.15) is 0 Å². The van der Waals surface area contributed by atoms with Gasteiger partial charge in [-0.25, -0.2) is 0 Å². The van der Waals surface area contributed by atoms with Gasteiger partial charge in [0.25, 0.3) is 0 Å². The van der Waals surface area contributed by atoms with Crippen LogP contribution in [0.4, 0.5) is 18.9 Å². The van der Waals surface area contributed by atoms with Crippen LogP contribution in [0.25, 0.3) is 0 Å². The van der Waals surface area contributed by atoms with Gasteiger partial charge < -0.3 is 5.32 Å². The van der Waals surface area contributed by atoms with E-state index in [2.05, 4.69) is 10.3 Å². The fraction of sp³-hybridized carbons (Fsp3) is 0.267. The normalized spacial score (nSPS) is 11.4. The molecule has 2 rings (SSSR count). The highest BCUT2D eigenvalue weighted by atomic mass is 19.4. The van der Waals surface area contributed by atoms with E-state index in [9.17, 15) is 13.2 Å². The average molecular weight is 280 g/mol. The van der Waals surface area contributed by atoms with E-state index in [4.69, 9.17) is 0 Å². The number of hydrogen-bond donors (Lipinski definition) is 1. The first-order valence-electron chi connectivity index (χ1n) is 6.27. The Kier molecular flexibility index (Phi) is 4.27. The van der Waals surface area contributed by atoms with Gasteiger partial charge in [0.2, 0.25) is 0 Å². The lowest BCUT2D eigenvalue weighted by Crippen LogP contribution is -2.10. The standard InChI is InChI=1S/C15H15F3N2/c1-11-4-5-13(9-14(11)15(16,17)18)20-8-6-12-3-2-7-19-10-12/h2-5,7,9-10,20H,6,8H2,1H3. The Labute approximate surface area is 115 Å². The maximum absolute atomic E-state index is 12.8. The van der Waals surface area contributed by atoms with Crippen molar-refractivity contribution in [2.45, 2.75) is 19.5 Å². The molecule has 1 heterocycles. The van der Waals surface area contributed by atoms with Crippen molar-refractivity contribution in [3.8, 4) is 0 Å². The molecule has 1 aromatic heterocycles. The number of hydrogen-bond acceptors (Lipinski definition) is 2. The molecule has 0 saturated heterocycles. The van der Waals surface area contributed by atoms with E-state index in [0.29, 0.717) is 18.7 Å². The summed E-state index contributed by atoms with van der Waals surface area (Å²) in [5.74, 6) is 0. The predicted octanol–water partition coefficient (Wildman–Crippen LogP) is 4.06. The Bertz CT molecular complexity index is 565. The molecule has 0 amide bonds. The fourth-order valence-electron chi connectivity index (χ4n) is 1.93. The summed E-state index contributed by atoms with van der Waals surface area (Å²) in [6, 6.07) is 8.07. The summed E-state index contributed by atoms with van der Waals surface area (Å²) in [6.07, 6.45) is -0.168. The van der Waals surface area contributed by atoms with E-state index < -0.39 is 11.7 Å². The van der Waals surface area contributed by atoms with Crippen molar-refractivity contribution in [3.05, 3.63) is 59.4 Å². The quantitative estimate of drug-likeness (QED) is 0.913. The second-order valence-corrected chi connectivity index (χ2v) is 4.57. The van der Waals surface area contributed by atoms with Gasteiger partial charge in [0, 0.05) is 24.6 Å². The van der Waals surface area contributed by atoms with Gasteiger partial charge in [-0.2, -0.15) is 13.2 Å². The molecule has 20 heavy (non-hydrogen) atoms. The number of alkyl halides is 3. The highest BCUT2D eigenvalue weighted by Crippen LogP contribution is 2.33. The second-order valence-electron chi connectivity index (χ2n) is 4.57. The van der Waals surface area contributed by atoms with Crippen LogP contribution in [-0.2, 0) is 12.6 Å². The van der Waals surface area contributed by atoms with E-state index in [1.807, 2.05) is 12.1 Å². The van der Waals surface area contributed by atoms with Gasteiger partial charge in [0.05, 0.1) is 5.56 Å². The van der Waals surface area contributed by atoms with Crippen LogP contribution in [0.5, 0.6) is 0 Å². The van der Waals surface area contributed by atoms with Gasteiger partial charge in [-0.05, 0) is 42.7 Å². The molecule has 0 aliphatic heterocycles. The van der Waals surface area contributed by atoms with Crippen LogP contribution >= 0.6 is 0 Å². The summed E-state index contributed by atoms with van der Waals surface area (Å²) in [7, 11) is 0. The van der Waals surface area contributed by atoms with Gasteiger partial charge in [-0.3, -0.25) is 4.98 Å². The van der Waals surface area contributed by atoms with Gasteiger partial charge in [-0.1, -0.05) is 12.1 Å². The molecule has 106 valence electrons. The number of aryl methyl sites for hydroxylation is 1. The van der Waals surface area contributed by atoms with Crippen LogP contribution < -0.4 is 5.32 Å². The third-order valence-corrected chi connectivity index (χ3v) is 3.01. The monoisotopic (exact) mass is 280 g/mol. The van der Waals surface area contributed by atoms with Crippen molar-refractivity contribution in [3.63, 3.8) is 0 Å². The lowest BCUT2D eigenvalue weighted by molar-refractivity contribution is -0.138. The Hall–Kier alpha value is -2.04. The highest BCUT2D eigenvalue weighted by molar-refractivity contribution is 5.49. The minimum Gasteiger partial charge on any atom is -0.385 e. The zero-order valence-electron chi connectivity index (χ0n) is 11.0. The molecule has 0 aliphatic rings. The zero-order valence-corrected chi connectivity index (χ0v) is 11.0. The molecule has 0 spiro atoms. The minimum atomic E-state index is -4.31. The van der Waals surface area contributed by atoms with Crippen LogP contribution in [0.2, 0.25) is 0 Å². The first kappa shape index (κ1) is 14.4. The number of anilines is 1. The zero-order chi connectivity index (χ0) is 14.6. The van der Waals surface area contributed by atoms with E-state index >= 15 is 0 Å².